The third-order valence-electron chi connectivity index (χ3n) is 5.53. The average Bonchev–Trinajstić information content (AvgIpc) is 2.65. The van der Waals surface area contributed by atoms with Gasteiger partial charge in [-0.05, 0) is 31.7 Å². The third-order valence-corrected chi connectivity index (χ3v) is 5.53. The van der Waals surface area contributed by atoms with Gasteiger partial charge in [0.1, 0.15) is 6.61 Å². The maximum absolute atomic E-state index is 13.2. The van der Waals surface area contributed by atoms with Crippen LogP contribution in [-0.4, -0.2) is 53.7 Å². The van der Waals surface area contributed by atoms with E-state index in [1.807, 2.05) is 49.1 Å². The van der Waals surface area contributed by atoms with Gasteiger partial charge in [0.15, 0.2) is 0 Å². The lowest BCUT2D eigenvalue weighted by atomic mass is 9.79. The molecule has 150 valence electrons. The zero-order valence-corrected chi connectivity index (χ0v) is 16.8. The van der Waals surface area contributed by atoms with E-state index >= 15 is 0 Å². The molecule has 1 aliphatic rings. The molecule has 0 bridgehead atoms. The molecule has 6 heteroatoms. The maximum atomic E-state index is 13.2. The summed E-state index contributed by atoms with van der Waals surface area (Å²) in [5, 5.41) is 14.0. The molecule has 2 rings (SSSR count). The molecular weight excluding hydrogens is 344 g/mol. The summed E-state index contributed by atoms with van der Waals surface area (Å²) in [6.07, 6.45) is 1.94. The molecule has 1 heterocycles. The zero-order valence-electron chi connectivity index (χ0n) is 16.8. The summed E-state index contributed by atoms with van der Waals surface area (Å²) in [7, 11) is 1.45. The van der Waals surface area contributed by atoms with Gasteiger partial charge in [0, 0.05) is 19.6 Å². The molecule has 1 aromatic rings. The lowest BCUT2D eigenvalue weighted by Crippen LogP contribution is -2.64. The first-order chi connectivity index (χ1) is 12.9. The van der Waals surface area contributed by atoms with E-state index in [2.05, 4.69) is 5.32 Å². The van der Waals surface area contributed by atoms with Gasteiger partial charge in [0.2, 0.25) is 11.8 Å². The number of carbonyl (C=O) groups is 2. The van der Waals surface area contributed by atoms with Crippen molar-refractivity contribution in [3.05, 3.63) is 35.9 Å². The van der Waals surface area contributed by atoms with Crippen LogP contribution in [0.1, 0.15) is 51.6 Å². The van der Waals surface area contributed by atoms with E-state index < -0.39 is 17.7 Å². The van der Waals surface area contributed by atoms with Crippen molar-refractivity contribution in [1.29, 1.82) is 0 Å². The minimum absolute atomic E-state index is 0.0606. The first-order valence-electron chi connectivity index (χ1n) is 9.71. The first kappa shape index (κ1) is 21.4. The molecular formula is C21H32N2O4. The monoisotopic (exact) mass is 376 g/mol. The highest BCUT2D eigenvalue weighted by Crippen LogP contribution is 2.38. The zero-order chi connectivity index (χ0) is 20.0. The average molecular weight is 376 g/mol. The Kier molecular flexibility index (Phi) is 7.39. The standard InChI is InChI=1S/C21H32N2O4/c1-5-15(6-2)20(25)23-13-12-21(3,26)19(22-17(24)14-27-4)18(23)16-10-8-7-9-11-16/h7-11,15,18-19,26H,5-6,12-14H2,1-4H3,(H,22,24). The normalized spacial score (nSPS) is 25.5. The van der Waals surface area contributed by atoms with Gasteiger partial charge in [0.05, 0.1) is 17.7 Å². The fourth-order valence-corrected chi connectivity index (χ4v) is 3.88. The Labute approximate surface area is 161 Å². The highest BCUT2D eigenvalue weighted by molar-refractivity contribution is 5.80. The number of ether oxygens (including phenoxy) is 1. The van der Waals surface area contributed by atoms with Crippen molar-refractivity contribution < 1.29 is 19.4 Å². The highest BCUT2D eigenvalue weighted by atomic mass is 16.5. The summed E-state index contributed by atoms with van der Waals surface area (Å²) >= 11 is 0. The molecule has 1 saturated heterocycles. The lowest BCUT2D eigenvalue weighted by molar-refractivity contribution is -0.150. The van der Waals surface area contributed by atoms with Gasteiger partial charge in [-0.25, -0.2) is 0 Å². The number of nitrogens with one attached hydrogen (secondary N) is 1. The summed E-state index contributed by atoms with van der Waals surface area (Å²) in [5.74, 6) is -0.287. The molecule has 6 nitrogen and oxygen atoms in total. The molecule has 0 aliphatic carbocycles. The van der Waals surface area contributed by atoms with E-state index in [0.717, 1.165) is 18.4 Å². The van der Waals surface area contributed by atoms with Gasteiger partial charge in [0.25, 0.3) is 0 Å². The second-order valence-corrected chi connectivity index (χ2v) is 7.49. The van der Waals surface area contributed by atoms with Gasteiger partial charge in [-0.3, -0.25) is 9.59 Å². The Morgan fingerprint density at radius 2 is 1.93 bits per heavy atom. The number of hydrogen-bond donors (Lipinski definition) is 2. The SMILES string of the molecule is CCC(CC)C(=O)N1CCC(C)(O)C(NC(=O)COC)C1c1ccccc1. The molecule has 1 fully saturated rings. The van der Waals surface area contributed by atoms with E-state index in [0.29, 0.717) is 13.0 Å². The predicted molar refractivity (Wildman–Crippen MR) is 104 cm³/mol. The first-order valence-corrected chi connectivity index (χ1v) is 9.71. The molecule has 0 aromatic heterocycles. The lowest BCUT2D eigenvalue weighted by Gasteiger charge is -2.49. The number of nitrogens with zero attached hydrogens (tertiary/aromatic N) is 1. The Morgan fingerprint density at radius 1 is 1.30 bits per heavy atom. The van der Waals surface area contributed by atoms with Crippen molar-refractivity contribution >= 4 is 11.8 Å². The molecule has 2 N–H and O–H groups in total. The van der Waals surface area contributed by atoms with Gasteiger partial charge in [-0.15, -0.1) is 0 Å². The van der Waals surface area contributed by atoms with Crippen LogP contribution in [0.5, 0.6) is 0 Å². The van der Waals surface area contributed by atoms with Crippen LogP contribution in [0, 0.1) is 5.92 Å². The molecule has 0 spiro atoms. The number of rotatable bonds is 7. The van der Waals surface area contributed by atoms with E-state index in [1.165, 1.54) is 7.11 Å². The van der Waals surface area contributed by atoms with Crippen LogP contribution < -0.4 is 5.32 Å². The summed E-state index contributed by atoms with van der Waals surface area (Å²) in [4.78, 5) is 27.3. The number of benzene rings is 1. The molecule has 2 amide bonds. The summed E-state index contributed by atoms with van der Waals surface area (Å²) in [6.45, 7) is 6.12. The Hall–Kier alpha value is -1.92. The van der Waals surface area contributed by atoms with Crippen molar-refractivity contribution in [3.8, 4) is 0 Å². The summed E-state index contributed by atoms with van der Waals surface area (Å²) in [6, 6.07) is 8.57. The molecule has 3 atom stereocenters. The van der Waals surface area contributed by atoms with Crippen molar-refractivity contribution in [2.75, 3.05) is 20.3 Å². The fourth-order valence-electron chi connectivity index (χ4n) is 3.88. The van der Waals surface area contributed by atoms with Crippen LogP contribution in [0.4, 0.5) is 0 Å². The van der Waals surface area contributed by atoms with Crippen LogP contribution in [0.25, 0.3) is 0 Å². The van der Waals surface area contributed by atoms with Gasteiger partial charge >= 0.3 is 0 Å². The second kappa shape index (κ2) is 9.33. The van der Waals surface area contributed by atoms with Crippen LogP contribution in [0.2, 0.25) is 0 Å². The second-order valence-electron chi connectivity index (χ2n) is 7.49. The molecule has 1 aliphatic heterocycles. The number of methoxy groups -OCH3 is 1. The number of aliphatic hydroxyl groups is 1. The van der Waals surface area contributed by atoms with Gasteiger partial charge in [-0.2, -0.15) is 0 Å². The van der Waals surface area contributed by atoms with Crippen LogP contribution in [0.15, 0.2) is 30.3 Å². The van der Waals surface area contributed by atoms with Gasteiger partial charge in [-0.1, -0.05) is 44.2 Å². The van der Waals surface area contributed by atoms with E-state index in [-0.39, 0.29) is 24.3 Å². The van der Waals surface area contributed by atoms with E-state index in [4.69, 9.17) is 4.74 Å². The van der Waals surface area contributed by atoms with Crippen molar-refractivity contribution in [1.82, 2.24) is 10.2 Å². The summed E-state index contributed by atoms with van der Waals surface area (Å²) in [5.41, 5.74) is -0.228. The molecule has 1 aromatic carbocycles. The molecule has 27 heavy (non-hydrogen) atoms. The van der Waals surface area contributed by atoms with Crippen molar-refractivity contribution in [2.45, 2.75) is 57.7 Å². The Balaban J connectivity index is 2.45. The van der Waals surface area contributed by atoms with Crippen LogP contribution in [-0.2, 0) is 14.3 Å². The molecule has 0 radical (unpaired) electrons. The largest absolute Gasteiger partial charge is 0.388 e. The highest BCUT2D eigenvalue weighted by Gasteiger charge is 2.48. The van der Waals surface area contributed by atoms with Crippen LogP contribution >= 0.6 is 0 Å². The number of carbonyl (C=O) groups excluding carboxylic acids is 2. The molecule has 0 saturated carbocycles. The Morgan fingerprint density at radius 3 is 2.48 bits per heavy atom. The predicted octanol–water partition coefficient (Wildman–Crippen LogP) is 2.28. The maximum Gasteiger partial charge on any atom is 0.246 e. The fraction of sp³-hybridized carbons (Fsp3) is 0.619. The minimum Gasteiger partial charge on any atom is -0.388 e. The van der Waals surface area contributed by atoms with Gasteiger partial charge < -0.3 is 20.1 Å². The smallest absolute Gasteiger partial charge is 0.246 e. The number of hydrogen-bond acceptors (Lipinski definition) is 4. The van der Waals surface area contributed by atoms with Crippen molar-refractivity contribution in [3.63, 3.8) is 0 Å². The Bertz CT molecular complexity index is 628. The number of amides is 2. The van der Waals surface area contributed by atoms with Crippen molar-refractivity contribution in [2.24, 2.45) is 5.92 Å². The van der Waals surface area contributed by atoms with E-state index in [9.17, 15) is 14.7 Å². The quantitative estimate of drug-likeness (QED) is 0.765. The summed E-state index contributed by atoms with van der Waals surface area (Å²) < 4.78 is 4.93. The number of piperidine rings is 1. The minimum atomic E-state index is -1.13. The van der Waals surface area contributed by atoms with Crippen LogP contribution in [0.3, 0.4) is 0 Å². The molecule has 3 unspecified atom stereocenters. The topological polar surface area (TPSA) is 78.9 Å². The van der Waals surface area contributed by atoms with E-state index in [1.54, 1.807) is 6.92 Å². The number of likely N-dealkylation sites (tertiary alicyclic amines) is 1. The third kappa shape index (κ3) is 4.87.